The molecule has 1 aromatic carbocycles. The van der Waals surface area contributed by atoms with Crippen LogP contribution in [-0.4, -0.2) is 4.98 Å². The molecule has 0 aliphatic rings. The van der Waals surface area contributed by atoms with E-state index in [-0.39, 0.29) is 0 Å². The summed E-state index contributed by atoms with van der Waals surface area (Å²) in [5.74, 6) is 0.749. The first-order chi connectivity index (χ1) is 8.15. The van der Waals surface area contributed by atoms with E-state index in [9.17, 15) is 0 Å². The predicted molar refractivity (Wildman–Crippen MR) is 75.3 cm³/mol. The Hall–Kier alpha value is -0.410. The fourth-order valence-electron chi connectivity index (χ4n) is 1.25. The van der Waals surface area contributed by atoms with Crippen molar-refractivity contribution >= 4 is 46.6 Å². The Morgan fingerprint density at radius 3 is 2.53 bits per heavy atom. The van der Waals surface area contributed by atoms with Crippen LogP contribution in [0, 0.1) is 0 Å². The SMILES string of the molecule is Clc1cccc(CSc2ccc(Cl)c(Cl)c2)n1. The van der Waals surface area contributed by atoms with Gasteiger partial charge in [-0.2, -0.15) is 0 Å². The highest BCUT2D eigenvalue weighted by molar-refractivity contribution is 7.98. The van der Waals surface area contributed by atoms with Crippen molar-refractivity contribution in [2.75, 3.05) is 0 Å². The minimum absolute atomic E-state index is 0.511. The number of hydrogen-bond donors (Lipinski definition) is 0. The fourth-order valence-corrected chi connectivity index (χ4v) is 2.64. The maximum absolute atomic E-state index is 5.94. The third kappa shape index (κ3) is 3.78. The normalized spacial score (nSPS) is 10.5. The number of pyridine rings is 1. The van der Waals surface area contributed by atoms with Gasteiger partial charge in [-0.05, 0) is 30.3 Å². The highest BCUT2D eigenvalue weighted by atomic mass is 35.5. The summed E-state index contributed by atoms with van der Waals surface area (Å²) in [5.41, 5.74) is 0.938. The molecule has 0 radical (unpaired) electrons. The van der Waals surface area contributed by atoms with Crippen LogP contribution in [0.4, 0.5) is 0 Å². The average Bonchev–Trinajstić information content (AvgIpc) is 2.31. The molecule has 2 aromatic rings. The number of halogens is 3. The summed E-state index contributed by atoms with van der Waals surface area (Å²) in [6.45, 7) is 0. The van der Waals surface area contributed by atoms with Crippen LogP contribution in [0.3, 0.4) is 0 Å². The Kier molecular flexibility index (Phi) is 4.57. The maximum atomic E-state index is 5.94. The molecule has 0 saturated carbocycles. The van der Waals surface area contributed by atoms with Crippen molar-refractivity contribution in [1.82, 2.24) is 4.98 Å². The number of hydrogen-bond acceptors (Lipinski definition) is 2. The van der Waals surface area contributed by atoms with E-state index in [2.05, 4.69) is 4.98 Å². The summed E-state index contributed by atoms with van der Waals surface area (Å²) in [6.07, 6.45) is 0. The molecule has 0 aliphatic heterocycles. The Morgan fingerprint density at radius 1 is 1.00 bits per heavy atom. The van der Waals surface area contributed by atoms with Gasteiger partial charge in [-0.3, -0.25) is 0 Å². The van der Waals surface area contributed by atoms with E-state index < -0.39 is 0 Å². The summed E-state index contributed by atoms with van der Waals surface area (Å²) in [6, 6.07) is 11.2. The van der Waals surface area contributed by atoms with Crippen LogP contribution in [-0.2, 0) is 5.75 Å². The lowest BCUT2D eigenvalue weighted by atomic mass is 10.4. The number of benzene rings is 1. The van der Waals surface area contributed by atoms with Gasteiger partial charge in [0.1, 0.15) is 5.15 Å². The van der Waals surface area contributed by atoms with Crippen molar-refractivity contribution in [3.8, 4) is 0 Å². The molecule has 0 saturated heterocycles. The van der Waals surface area contributed by atoms with Crippen LogP contribution in [0.2, 0.25) is 15.2 Å². The van der Waals surface area contributed by atoms with E-state index in [1.807, 2.05) is 24.3 Å². The molecule has 1 heterocycles. The Balaban J connectivity index is 2.05. The van der Waals surface area contributed by atoms with Gasteiger partial charge < -0.3 is 0 Å². The molecule has 0 bridgehead atoms. The monoisotopic (exact) mass is 303 g/mol. The van der Waals surface area contributed by atoms with Gasteiger partial charge in [0.05, 0.1) is 15.7 Å². The van der Waals surface area contributed by atoms with Gasteiger partial charge in [-0.1, -0.05) is 40.9 Å². The second-order valence-electron chi connectivity index (χ2n) is 3.32. The van der Waals surface area contributed by atoms with Crippen molar-refractivity contribution in [1.29, 1.82) is 0 Å². The molecule has 0 spiro atoms. The van der Waals surface area contributed by atoms with Gasteiger partial charge >= 0.3 is 0 Å². The minimum Gasteiger partial charge on any atom is -0.240 e. The first kappa shape index (κ1) is 13.0. The van der Waals surface area contributed by atoms with Crippen LogP contribution >= 0.6 is 46.6 Å². The van der Waals surface area contributed by atoms with Gasteiger partial charge in [-0.15, -0.1) is 11.8 Å². The van der Waals surface area contributed by atoms with Crippen molar-refractivity contribution in [3.05, 3.63) is 57.3 Å². The predicted octanol–water partition coefficient (Wildman–Crippen LogP) is 5.33. The second-order valence-corrected chi connectivity index (χ2v) is 5.57. The lowest BCUT2D eigenvalue weighted by molar-refractivity contribution is 1.17. The van der Waals surface area contributed by atoms with Gasteiger partial charge in [0.15, 0.2) is 0 Å². The van der Waals surface area contributed by atoms with Crippen LogP contribution in [0.1, 0.15) is 5.69 Å². The third-order valence-corrected chi connectivity index (χ3v) is 4.03. The number of thioether (sulfide) groups is 1. The van der Waals surface area contributed by atoms with Crippen LogP contribution in [0.15, 0.2) is 41.3 Å². The number of rotatable bonds is 3. The highest BCUT2D eigenvalue weighted by Crippen LogP contribution is 2.29. The largest absolute Gasteiger partial charge is 0.240 e. The van der Waals surface area contributed by atoms with Crippen molar-refractivity contribution in [3.63, 3.8) is 0 Å². The van der Waals surface area contributed by atoms with Gasteiger partial charge in [0.25, 0.3) is 0 Å². The van der Waals surface area contributed by atoms with Gasteiger partial charge in [0.2, 0.25) is 0 Å². The number of nitrogens with zero attached hydrogens (tertiary/aromatic N) is 1. The van der Waals surface area contributed by atoms with Gasteiger partial charge in [-0.25, -0.2) is 4.98 Å². The summed E-state index contributed by atoms with van der Waals surface area (Å²) in [4.78, 5) is 5.27. The molecule has 1 aromatic heterocycles. The van der Waals surface area contributed by atoms with E-state index in [0.29, 0.717) is 15.2 Å². The smallest absolute Gasteiger partial charge is 0.129 e. The second kappa shape index (κ2) is 5.96. The summed E-state index contributed by atoms with van der Waals surface area (Å²) in [7, 11) is 0. The minimum atomic E-state index is 0.511. The van der Waals surface area contributed by atoms with Crippen LogP contribution in [0.5, 0.6) is 0 Å². The van der Waals surface area contributed by atoms with Crippen LogP contribution in [0.25, 0.3) is 0 Å². The molecule has 17 heavy (non-hydrogen) atoms. The van der Waals surface area contributed by atoms with Crippen molar-refractivity contribution < 1.29 is 0 Å². The molecule has 0 atom stereocenters. The standard InChI is InChI=1S/C12H8Cl3NS/c13-10-5-4-9(6-11(10)14)17-7-8-2-1-3-12(15)16-8/h1-6H,7H2. The Morgan fingerprint density at radius 2 is 1.82 bits per heavy atom. The lowest BCUT2D eigenvalue weighted by Gasteiger charge is -2.03. The van der Waals surface area contributed by atoms with Gasteiger partial charge in [0, 0.05) is 10.6 Å². The molecule has 0 fully saturated rings. The average molecular weight is 305 g/mol. The third-order valence-electron chi connectivity index (χ3n) is 2.05. The fraction of sp³-hybridized carbons (Fsp3) is 0.0833. The quantitative estimate of drug-likeness (QED) is 0.561. The summed E-state index contributed by atoms with van der Waals surface area (Å²) in [5, 5.41) is 1.64. The molecule has 5 heteroatoms. The van der Waals surface area contributed by atoms with E-state index in [4.69, 9.17) is 34.8 Å². The van der Waals surface area contributed by atoms with E-state index in [0.717, 1.165) is 16.3 Å². The molecular formula is C12H8Cl3NS. The molecular weight excluding hydrogens is 297 g/mol. The highest BCUT2D eigenvalue weighted by Gasteiger charge is 2.02. The van der Waals surface area contributed by atoms with E-state index in [1.165, 1.54) is 0 Å². The zero-order chi connectivity index (χ0) is 12.3. The van der Waals surface area contributed by atoms with Crippen LogP contribution < -0.4 is 0 Å². The van der Waals surface area contributed by atoms with E-state index in [1.54, 1.807) is 23.9 Å². The first-order valence-electron chi connectivity index (χ1n) is 4.84. The molecule has 0 unspecified atom stereocenters. The summed E-state index contributed by atoms with van der Waals surface area (Å²) < 4.78 is 0. The molecule has 0 aliphatic carbocycles. The maximum Gasteiger partial charge on any atom is 0.129 e. The van der Waals surface area contributed by atoms with Crippen molar-refractivity contribution in [2.45, 2.75) is 10.6 Å². The molecule has 0 N–H and O–H groups in total. The summed E-state index contributed by atoms with van der Waals surface area (Å²) >= 11 is 19.2. The topological polar surface area (TPSA) is 12.9 Å². The molecule has 0 amide bonds. The zero-order valence-corrected chi connectivity index (χ0v) is 11.7. The Bertz CT molecular complexity index is 531. The molecule has 1 nitrogen and oxygen atoms in total. The van der Waals surface area contributed by atoms with Crippen molar-refractivity contribution in [2.24, 2.45) is 0 Å². The molecule has 2 rings (SSSR count). The zero-order valence-electron chi connectivity index (χ0n) is 8.66. The number of aromatic nitrogens is 1. The lowest BCUT2D eigenvalue weighted by Crippen LogP contribution is -1.86. The molecule has 88 valence electrons. The first-order valence-corrected chi connectivity index (χ1v) is 6.96. The van der Waals surface area contributed by atoms with E-state index >= 15 is 0 Å². The Labute approximate surface area is 119 Å².